The Morgan fingerprint density at radius 1 is 1.10 bits per heavy atom. The van der Waals surface area contributed by atoms with Gasteiger partial charge in [-0.25, -0.2) is 4.39 Å². The van der Waals surface area contributed by atoms with Gasteiger partial charge >= 0.3 is 0 Å². The molecule has 3 N–H and O–H groups in total. The van der Waals surface area contributed by atoms with Gasteiger partial charge in [-0.2, -0.15) is 0 Å². The van der Waals surface area contributed by atoms with Gasteiger partial charge in [0, 0.05) is 30.2 Å². The number of halogens is 1. The van der Waals surface area contributed by atoms with Crippen LogP contribution >= 0.6 is 0 Å². The Bertz CT molecular complexity index is 1060. The number of allylic oxidation sites excluding steroid dienone is 1. The molecule has 2 heterocycles. The summed E-state index contributed by atoms with van der Waals surface area (Å²) in [5.41, 5.74) is -2.58. The van der Waals surface area contributed by atoms with Crippen LogP contribution in [0.4, 0.5) is 4.39 Å². The lowest BCUT2D eigenvalue weighted by Gasteiger charge is -2.37. The van der Waals surface area contributed by atoms with E-state index in [0.29, 0.717) is 18.9 Å². The molecule has 0 aromatic rings. The fraction of sp³-hybridized carbons (Fsp3) is 0.800. The third-order valence-corrected chi connectivity index (χ3v) is 8.70. The molecule has 3 unspecified atom stereocenters. The molecule has 0 spiro atoms. The van der Waals surface area contributed by atoms with Crippen molar-refractivity contribution >= 4 is 39.2 Å². The summed E-state index contributed by atoms with van der Waals surface area (Å²) in [5.74, 6) is -1.60. The maximum atomic E-state index is 14.5. The van der Waals surface area contributed by atoms with Crippen molar-refractivity contribution in [3.05, 3.63) is 12.3 Å². The van der Waals surface area contributed by atoms with Crippen molar-refractivity contribution in [2.75, 3.05) is 19.7 Å². The molecule has 0 radical (unpaired) electrons. The van der Waals surface area contributed by atoms with E-state index >= 15 is 0 Å². The van der Waals surface area contributed by atoms with Crippen LogP contribution < -0.4 is 16.0 Å². The summed E-state index contributed by atoms with van der Waals surface area (Å²) >= 11 is 0. The molecule has 0 bridgehead atoms. The van der Waals surface area contributed by atoms with Gasteiger partial charge in [0.15, 0.2) is 13.6 Å². The van der Waals surface area contributed by atoms with Crippen molar-refractivity contribution in [2.24, 2.45) is 29.1 Å². The van der Waals surface area contributed by atoms with Gasteiger partial charge in [-0.05, 0) is 69.6 Å². The summed E-state index contributed by atoms with van der Waals surface area (Å²) in [6, 6.07) is -2.64. The van der Waals surface area contributed by atoms with Crippen LogP contribution in [0.1, 0.15) is 74.1 Å². The molecular formula is C30H51B2FN4O5. The molecule has 9 nitrogen and oxygen atoms in total. The molecule has 42 heavy (non-hydrogen) atoms. The second kappa shape index (κ2) is 12.7. The molecule has 3 rings (SSSR count). The number of amides is 3. The lowest BCUT2D eigenvalue weighted by molar-refractivity contribution is -0.146. The molecule has 12 heteroatoms. The Morgan fingerprint density at radius 2 is 1.71 bits per heavy atom. The fourth-order valence-corrected chi connectivity index (χ4v) is 6.11. The van der Waals surface area contributed by atoms with E-state index < -0.39 is 46.4 Å². The third-order valence-electron chi connectivity index (χ3n) is 8.70. The zero-order valence-corrected chi connectivity index (χ0v) is 27.1. The summed E-state index contributed by atoms with van der Waals surface area (Å²) in [4.78, 5) is 56.0. The van der Waals surface area contributed by atoms with Crippen LogP contribution in [0.2, 0.25) is 0 Å². The quantitative estimate of drug-likeness (QED) is 0.289. The number of ketones is 1. The molecule has 1 aliphatic carbocycles. The molecule has 0 aromatic carbocycles. The number of hydrogen-bond acceptors (Lipinski definition) is 6. The van der Waals surface area contributed by atoms with Crippen LogP contribution in [0, 0.1) is 29.1 Å². The van der Waals surface area contributed by atoms with Crippen molar-refractivity contribution in [3.63, 3.8) is 0 Å². The van der Waals surface area contributed by atoms with Crippen LogP contribution in [0.15, 0.2) is 12.3 Å². The number of likely N-dealkylation sites (tertiary alicyclic amines) is 1. The number of nitrogens with one attached hydrogen (secondary N) is 3. The maximum absolute atomic E-state index is 14.5. The van der Waals surface area contributed by atoms with E-state index in [4.69, 9.17) is 4.74 Å². The Labute approximate surface area is 252 Å². The van der Waals surface area contributed by atoms with Crippen molar-refractivity contribution in [1.29, 1.82) is 0 Å². The minimum Gasteiger partial charge on any atom is -0.389 e. The second-order valence-corrected chi connectivity index (χ2v) is 15.2. The molecule has 2 aliphatic heterocycles. The highest BCUT2D eigenvalue weighted by atomic mass is 19.1. The van der Waals surface area contributed by atoms with Crippen LogP contribution in [0.3, 0.4) is 0 Å². The zero-order valence-electron chi connectivity index (χ0n) is 27.1. The van der Waals surface area contributed by atoms with Crippen LogP contribution in [0.5, 0.6) is 0 Å². The normalized spacial score (nSPS) is 27.5. The number of carbonyl (C=O) groups is 4. The van der Waals surface area contributed by atoms with E-state index in [9.17, 15) is 23.6 Å². The lowest BCUT2D eigenvalue weighted by Crippen LogP contribution is -2.61. The van der Waals surface area contributed by atoms with Gasteiger partial charge in [0.05, 0.1) is 6.04 Å². The number of hydrogen-bond donors (Lipinski definition) is 3. The van der Waals surface area contributed by atoms with Crippen molar-refractivity contribution in [1.82, 2.24) is 20.9 Å². The molecular weight excluding hydrogens is 537 g/mol. The first-order chi connectivity index (χ1) is 19.2. The smallest absolute Gasteiger partial charge is 0.248 e. The van der Waals surface area contributed by atoms with Gasteiger partial charge < -0.3 is 25.6 Å². The third kappa shape index (κ3) is 8.60. The highest BCUT2D eigenvalue weighted by Crippen LogP contribution is 2.47. The monoisotopic (exact) mass is 588 g/mol. The largest absolute Gasteiger partial charge is 0.389 e. The van der Waals surface area contributed by atoms with E-state index in [2.05, 4.69) is 22.5 Å². The summed E-state index contributed by atoms with van der Waals surface area (Å²) in [6.45, 7) is 17.4. The average Bonchev–Trinajstić information content (AvgIpc) is 3.51. The molecule has 1 saturated carbocycles. The van der Waals surface area contributed by atoms with E-state index in [0.717, 1.165) is 46.3 Å². The predicted octanol–water partition coefficient (Wildman–Crippen LogP) is 0.662. The van der Waals surface area contributed by atoms with Gasteiger partial charge in [0.1, 0.15) is 32.1 Å². The van der Waals surface area contributed by atoms with E-state index in [-0.39, 0.29) is 36.1 Å². The van der Waals surface area contributed by atoms with Crippen molar-refractivity contribution < 1.29 is 28.3 Å². The minimum atomic E-state index is -2.17. The van der Waals surface area contributed by atoms with Crippen LogP contribution in [0.25, 0.3) is 0 Å². The van der Waals surface area contributed by atoms with Crippen molar-refractivity contribution in [3.8, 4) is 0 Å². The van der Waals surface area contributed by atoms with Gasteiger partial charge in [-0.1, -0.05) is 34.3 Å². The van der Waals surface area contributed by atoms with Gasteiger partial charge in [-0.3, -0.25) is 19.2 Å². The predicted molar refractivity (Wildman–Crippen MR) is 166 cm³/mol. The summed E-state index contributed by atoms with van der Waals surface area (Å²) in [6.07, 6.45) is 3.16. The second-order valence-electron chi connectivity index (χ2n) is 15.2. The Hall–Kier alpha value is -2.36. The van der Waals surface area contributed by atoms with Gasteiger partial charge in [-0.15, -0.1) is 0 Å². The molecule has 3 aliphatic rings. The summed E-state index contributed by atoms with van der Waals surface area (Å²) in [7, 11) is 3.02. The van der Waals surface area contributed by atoms with E-state index in [1.807, 2.05) is 28.6 Å². The lowest BCUT2D eigenvalue weighted by atomic mass is 9.81. The minimum absolute atomic E-state index is 0.0258. The van der Waals surface area contributed by atoms with E-state index in [1.165, 1.54) is 0 Å². The fourth-order valence-electron chi connectivity index (χ4n) is 6.11. The van der Waals surface area contributed by atoms with Crippen molar-refractivity contribution in [2.45, 2.75) is 103 Å². The summed E-state index contributed by atoms with van der Waals surface area (Å²) < 4.78 is 20.3. The Balaban J connectivity index is 1.90. The molecule has 3 fully saturated rings. The van der Waals surface area contributed by atoms with Crippen LogP contribution in [-0.2, 0) is 23.9 Å². The number of carbonyl (C=O) groups excluding carboxylic acids is 4. The Kier molecular flexibility index (Phi) is 10.3. The number of ether oxygens (including phenoxy) is 1. The highest BCUT2D eigenvalue weighted by molar-refractivity contribution is 6.27. The standard InChI is InChI=1S/C30H51B2FN4O5/c1-16-14-37(26(40)24(28(3,4)5)36-27(41)30(8,32)33)23(22(16)18-9-10-18)25(39)35-20(13-19-11-12-34-17(19)2)21(38)15-42-29(6,7)31/h16,18-20,22-24,34H,2,9-15,31-32H2,1,3-8H3,(H,35,39)(H,36,41)/t16?,19-,20-,22?,23-,24+,30?/m0/s1. The topological polar surface area (TPSA) is 117 Å². The number of alkyl halides is 1. The number of nitrogens with zero attached hydrogens (tertiary/aromatic N) is 1. The number of Topliss-reactive ketones (excluding diaryl/α,β-unsaturated/α-hetero) is 1. The highest BCUT2D eigenvalue weighted by Gasteiger charge is 2.54. The first-order valence-electron chi connectivity index (χ1n) is 15.4. The molecule has 234 valence electrons. The molecule has 2 saturated heterocycles. The zero-order chi connectivity index (χ0) is 31.8. The summed E-state index contributed by atoms with van der Waals surface area (Å²) in [5, 5.41) is 8.88. The first-order valence-corrected chi connectivity index (χ1v) is 15.4. The van der Waals surface area contributed by atoms with Gasteiger partial charge in [0.2, 0.25) is 17.7 Å². The molecule has 7 atom stereocenters. The Morgan fingerprint density at radius 3 is 2.19 bits per heavy atom. The van der Waals surface area contributed by atoms with Gasteiger partial charge in [0.25, 0.3) is 0 Å². The SMILES string of the molecule is BC(C)(C)OCC(=O)[C@H](C[C@@H]1CCNC1=C)NC(=O)[C@@H]1C(C2CC2)C(C)CN1C(=O)[C@@H](NC(=O)C(B)(C)F)C(C)(C)C. The van der Waals surface area contributed by atoms with Crippen LogP contribution in [-0.4, -0.2) is 93.0 Å². The molecule has 3 amide bonds. The molecule has 0 aromatic heterocycles. The number of rotatable bonds is 12. The average molecular weight is 588 g/mol. The van der Waals surface area contributed by atoms with E-state index in [1.54, 1.807) is 25.7 Å². The maximum Gasteiger partial charge on any atom is 0.248 e. The first kappa shape index (κ1) is 34.1.